The number of allylic oxidation sites excluding steroid dienone is 4. The number of aldehydes is 1. The van der Waals surface area contributed by atoms with Crippen LogP contribution in [0.4, 0.5) is 5.69 Å². The van der Waals surface area contributed by atoms with Crippen LogP contribution in [0.1, 0.15) is 110 Å². The molecule has 2 saturated carbocycles. The van der Waals surface area contributed by atoms with Gasteiger partial charge in [-0.25, -0.2) is 0 Å². The lowest BCUT2D eigenvalue weighted by Gasteiger charge is -2.52. The summed E-state index contributed by atoms with van der Waals surface area (Å²) < 4.78 is 0. The van der Waals surface area contributed by atoms with Crippen molar-refractivity contribution >= 4 is 23.5 Å². The summed E-state index contributed by atoms with van der Waals surface area (Å²) in [5.74, 6) is 2.26. The average molecular weight is 564 g/mol. The molecule has 1 aromatic carbocycles. The fourth-order valence-corrected chi connectivity index (χ4v) is 8.65. The first-order valence-electron chi connectivity index (χ1n) is 15.5. The molecule has 0 bridgehead atoms. The van der Waals surface area contributed by atoms with Crippen LogP contribution in [0.2, 0.25) is 0 Å². The number of benzene rings is 1. The van der Waals surface area contributed by atoms with Crippen molar-refractivity contribution in [3.63, 3.8) is 0 Å². The standard InChI is InChI=1S/C34H45NO3.CH4O.CH4/c1-23(37)31-17-18-32-29-15-11-25-21-27(38)14-16-28(25)33(29)30(22-34(31,32)2)24-9-12-26(13-10-24)35(3)19-7-5-4-6-8-20-36;1-2;/h9-10,12-13,20-21,29-32H,4-8,11,14-19,22H2,1-3H3;2H,1H3;1H4. The molecule has 0 amide bonds. The Labute approximate surface area is 248 Å². The fourth-order valence-electron chi connectivity index (χ4n) is 8.65. The molecule has 5 unspecified atom stereocenters. The van der Waals surface area contributed by atoms with E-state index >= 15 is 0 Å². The van der Waals surface area contributed by atoms with Gasteiger partial charge in [-0.1, -0.05) is 44.9 Å². The molecule has 0 spiro atoms. The lowest BCUT2D eigenvalue weighted by atomic mass is 9.51. The number of nitrogens with zero attached hydrogens (tertiary/aromatic N) is 1. The van der Waals surface area contributed by atoms with Crippen LogP contribution in [-0.2, 0) is 14.4 Å². The van der Waals surface area contributed by atoms with Crippen LogP contribution < -0.4 is 4.90 Å². The highest BCUT2D eigenvalue weighted by molar-refractivity contribution is 5.93. The zero-order chi connectivity index (χ0) is 28.9. The van der Waals surface area contributed by atoms with E-state index in [1.807, 2.05) is 13.0 Å². The number of carbonyl (C=O) groups excluding carboxylic acids is 3. The minimum atomic E-state index is 0. The Morgan fingerprint density at radius 1 is 1.02 bits per heavy atom. The highest BCUT2D eigenvalue weighted by Crippen LogP contribution is 2.65. The van der Waals surface area contributed by atoms with Crippen LogP contribution in [-0.4, -0.2) is 43.7 Å². The third-order valence-corrected chi connectivity index (χ3v) is 10.5. The van der Waals surface area contributed by atoms with E-state index in [-0.39, 0.29) is 24.5 Å². The van der Waals surface area contributed by atoms with Crippen molar-refractivity contribution in [2.45, 2.75) is 104 Å². The molecule has 0 aromatic heterocycles. The van der Waals surface area contributed by atoms with Crippen LogP contribution in [0.25, 0.3) is 0 Å². The fraction of sp³-hybridized carbons (Fsp3) is 0.639. The van der Waals surface area contributed by atoms with E-state index < -0.39 is 0 Å². The Kier molecular flexibility index (Phi) is 11.7. The predicted molar refractivity (Wildman–Crippen MR) is 168 cm³/mol. The van der Waals surface area contributed by atoms with E-state index in [9.17, 15) is 14.4 Å². The van der Waals surface area contributed by atoms with E-state index in [0.29, 0.717) is 36.4 Å². The van der Waals surface area contributed by atoms with Gasteiger partial charge in [0.25, 0.3) is 0 Å². The summed E-state index contributed by atoms with van der Waals surface area (Å²) in [6, 6.07) is 9.21. The van der Waals surface area contributed by atoms with Crippen LogP contribution >= 0.6 is 0 Å². The molecule has 0 aliphatic heterocycles. The number of rotatable bonds is 10. The number of carbonyl (C=O) groups is 3. The summed E-state index contributed by atoms with van der Waals surface area (Å²) >= 11 is 0. The maximum absolute atomic E-state index is 12.8. The van der Waals surface area contributed by atoms with Gasteiger partial charge < -0.3 is 14.8 Å². The monoisotopic (exact) mass is 563 g/mol. The van der Waals surface area contributed by atoms with Crippen molar-refractivity contribution < 1.29 is 19.5 Å². The second-order valence-electron chi connectivity index (χ2n) is 12.7. The molecule has 5 rings (SSSR count). The molecule has 0 radical (unpaired) electrons. The predicted octanol–water partition coefficient (Wildman–Crippen LogP) is 7.62. The molecule has 0 heterocycles. The van der Waals surface area contributed by atoms with Crippen molar-refractivity contribution in [1.82, 2.24) is 0 Å². The number of Topliss-reactive ketones (excluding diaryl/α,β-unsaturated/α-hetero) is 1. The maximum atomic E-state index is 12.8. The number of hydrogen-bond acceptors (Lipinski definition) is 5. The van der Waals surface area contributed by atoms with Gasteiger partial charge >= 0.3 is 0 Å². The van der Waals surface area contributed by atoms with Crippen LogP contribution in [0, 0.1) is 23.2 Å². The number of anilines is 1. The maximum Gasteiger partial charge on any atom is 0.156 e. The van der Waals surface area contributed by atoms with Gasteiger partial charge in [-0.15, -0.1) is 0 Å². The Morgan fingerprint density at radius 2 is 1.73 bits per heavy atom. The summed E-state index contributed by atoms with van der Waals surface area (Å²) in [5, 5.41) is 7.00. The second kappa shape index (κ2) is 14.6. The lowest BCUT2D eigenvalue weighted by Crippen LogP contribution is -2.44. The highest BCUT2D eigenvalue weighted by atomic mass is 16.2. The lowest BCUT2D eigenvalue weighted by molar-refractivity contribution is -0.125. The van der Waals surface area contributed by atoms with Gasteiger partial charge in [0, 0.05) is 51.1 Å². The van der Waals surface area contributed by atoms with Crippen LogP contribution in [0.5, 0.6) is 0 Å². The number of hydrogen-bond donors (Lipinski definition) is 1. The van der Waals surface area contributed by atoms with E-state index in [1.165, 1.54) is 22.4 Å². The van der Waals surface area contributed by atoms with Gasteiger partial charge in [0.2, 0.25) is 0 Å². The molecule has 1 aromatic rings. The highest BCUT2D eigenvalue weighted by Gasteiger charge is 2.57. The molecule has 226 valence electrons. The van der Waals surface area contributed by atoms with Crippen molar-refractivity contribution in [3.05, 3.63) is 52.6 Å². The minimum absolute atomic E-state index is 0. The van der Waals surface area contributed by atoms with E-state index in [2.05, 4.69) is 43.1 Å². The summed E-state index contributed by atoms with van der Waals surface area (Å²) in [6.45, 7) is 5.24. The molecule has 5 atom stereocenters. The molecule has 4 aliphatic rings. The zero-order valence-electron chi connectivity index (χ0n) is 25.1. The van der Waals surface area contributed by atoms with Gasteiger partial charge in [-0.2, -0.15) is 0 Å². The van der Waals surface area contributed by atoms with Crippen molar-refractivity contribution in [2.24, 2.45) is 23.2 Å². The van der Waals surface area contributed by atoms with Crippen molar-refractivity contribution in [3.8, 4) is 0 Å². The number of ketones is 2. The quantitative estimate of drug-likeness (QED) is 0.234. The molecular formula is C36H53NO4. The molecule has 0 saturated heterocycles. The summed E-state index contributed by atoms with van der Waals surface area (Å²) in [4.78, 5) is 37.9. The number of fused-ring (bicyclic) bond motifs is 4. The Bertz CT molecular complexity index is 1130. The normalized spacial score (nSPS) is 28.2. The second-order valence-corrected chi connectivity index (χ2v) is 12.7. The first-order chi connectivity index (χ1) is 19.3. The largest absolute Gasteiger partial charge is 0.400 e. The molecule has 2 fully saturated rings. The first-order valence-corrected chi connectivity index (χ1v) is 15.5. The van der Waals surface area contributed by atoms with Crippen LogP contribution in [0.15, 0.2) is 47.1 Å². The number of aliphatic hydroxyl groups is 1. The van der Waals surface area contributed by atoms with Gasteiger partial charge in [-0.05, 0) is 110 Å². The molecule has 4 aliphatic carbocycles. The minimum Gasteiger partial charge on any atom is -0.400 e. The van der Waals surface area contributed by atoms with Crippen molar-refractivity contribution in [2.75, 3.05) is 25.6 Å². The molecule has 5 heteroatoms. The number of unbranched alkanes of at least 4 members (excludes halogenated alkanes) is 4. The average Bonchev–Trinajstić information content (AvgIpc) is 3.32. The number of aliphatic hydroxyl groups excluding tert-OH is 1. The first kappa shape index (κ1) is 33.0. The smallest absolute Gasteiger partial charge is 0.156 e. The zero-order valence-corrected chi connectivity index (χ0v) is 25.1. The van der Waals surface area contributed by atoms with E-state index in [0.717, 1.165) is 84.1 Å². The molecule has 41 heavy (non-hydrogen) atoms. The van der Waals surface area contributed by atoms with E-state index in [1.54, 1.807) is 5.57 Å². The van der Waals surface area contributed by atoms with E-state index in [4.69, 9.17) is 5.11 Å². The van der Waals surface area contributed by atoms with Gasteiger partial charge in [-0.3, -0.25) is 9.59 Å². The van der Waals surface area contributed by atoms with Gasteiger partial charge in [0.15, 0.2) is 5.78 Å². The molecular weight excluding hydrogens is 510 g/mol. The third kappa shape index (κ3) is 6.77. The van der Waals surface area contributed by atoms with Gasteiger partial charge in [0.05, 0.1) is 0 Å². The molecule has 5 nitrogen and oxygen atoms in total. The molecule has 1 N–H and O–H groups in total. The van der Waals surface area contributed by atoms with Crippen LogP contribution in [0.3, 0.4) is 0 Å². The third-order valence-electron chi connectivity index (χ3n) is 10.5. The summed E-state index contributed by atoms with van der Waals surface area (Å²) in [7, 11) is 3.17. The Morgan fingerprint density at radius 3 is 2.41 bits per heavy atom. The SMILES string of the molecule is C.CC(=O)C1CCC2C3CCC4=CC(=O)CCC4=C3C(c3ccc(N(C)CCCCCCC=O)cc3)CC12C.CO. The summed E-state index contributed by atoms with van der Waals surface area (Å²) in [6.07, 6.45) is 14.9. The van der Waals surface area contributed by atoms with Crippen molar-refractivity contribution in [1.29, 1.82) is 0 Å². The van der Waals surface area contributed by atoms with Gasteiger partial charge in [0.1, 0.15) is 12.1 Å². The Balaban J connectivity index is 0.00000151. The Hall–Kier alpha value is -2.53. The summed E-state index contributed by atoms with van der Waals surface area (Å²) in [5.41, 5.74) is 7.05. The topological polar surface area (TPSA) is 74.7 Å².